The maximum Gasteiger partial charge on any atom is 0.257 e. The lowest BCUT2D eigenvalue weighted by Crippen LogP contribution is -2.18. The molecule has 30 heavy (non-hydrogen) atoms. The van der Waals surface area contributed by atoms with Crippen molar-refractivity contribution in [2.75, 3.05) is 17.2 Å². The number of carbonyl (C=O) groups excluding carboxylic acids is 2. The first-order chi connectivity index (χ1) is 14.5. The minimum atomic E-state index is -0.288. The van der Waals surface area contributed by atoms with Crippen molar-refractivity contribution in [3.05, 3.63) is 89.0 Å². The number of amides is 2. The molecule has 3 rings (SSSR count). The summed E-state index contributed by atoms with van der Waals surface area (Å²) in [6.45, 7) is 6.69. The van der Waals surface area contributed by atoms with Gasteiger partial charge in [-0.05, 0) is 79.9 Å². The number of anilines is 2. The molecule has 0 heterocycles. The van der Waals surface area contributed by atoms with Crippen molar-refractivity contribution in [2.45, 2.75) is 27.2 Å². The number of nitrogens with one attached hydrogen (secondary N) is 2. The largest absolute Gasteiger partial charge is 0.494 e. The van der Waals surface area contributed by atoms with Gasteiger partial charge in [-0.2, -0.15) is 0 Å². The summed E-state index contributed by atoms with van der Waals surface area (Å²) in [6, 6.07) is 19.7. The molecule has 0 aliphatic heterocycles. The molecular formula is C25H26N2O3. The first-order valence-electron chi connectivity index (χ1n) is 9.99. The van der Waals surface area contributed by atoms with Gasteiger partial charge >= 0.3 is 0 Å². The zero-order valence-electron chi connectivity index (χ0n) is 17.5. The van der Waals surface area contributed by atoms with Gasteiger partial charge in [0.1, 0.15) is 5.75 Å². The van der Waals surface area contributed by atoms with Crippen molar-refractivity contribution in [3.8, 4) is 5.75 Å². The highest BCUT2D eigenvalue weighted by Crippen LogP contribution is 2.21. The van der Waals surface area contributed by atoms with Crippen molar-refractivity contribution < 1.29 is 14.3 Å². The van der Waals surface area contributed by atoms with E-state index in [2.05, 4.69) is 10.6 Å². The molecule has 3 aromatic rings. The molecule has 0 aliphatic carbocycles. The smallest absolute Gasteiger partial charge is 0.257 e. The molecule has 0 saturated heterocycles. The number of benzene rings is 3. The van der Waals surface area contributed by atoms with Gasteiger partial charge in [-0.25, -0.2) is 0 Å². The molecular weight excluding hydrogens is 376 g/mol. The third-order valence-corrected chi connectivity index (χ3v) is 4.77. The molecule has 0 aromatic heterocycles. The predicted molar refractivity (Wildman–Crippen MR) is 120 cm³/mol. The molecule has 154 valence electrons. The van der Waals surface area contributed by atoms with E-state index in [0.29, 0.717) is 29.1 Å². The van der Waals surface area contributed by atoms with Gasteiger partial charge in [-0.15, -0.1) is 0 Å². The van der Waals surface area contributed by atoms with Crippen LogP contribution in [0.25, 0.3) is 0 Å². The monoisotopic (exact) mass is 402 g/mol. The van der Waals surface area contributed by atoms with Crippen molar-refractivity contribution in [3.63, 3.8) is 0 Å². The Balaban J connectivity index is 1.73. The van der Waals surface area contributed by atoms with Gasteiger partial charge in [0, 0.05) is 11.3 Å². The topological polar surface area (TPSA) is 67.4 Å². The second-order valence-corrected chi connectivity index (χ2v) is 7.13. The van der Waals surface area contributed by atoms with Crippen molar-refractivity contribution in [1.82, 2.24) is 0 Å². The zero-order chi connectivity index (χ0) is 21.5. The Bertz CT molecular complexity index is 1040. The summed E-state index contributed by atoms with van der Waals surface area (Å²) >= 11 is 0. The molecule has 0 radical (unpaired) electrons. The molecule has 5 heteroatoms. The highest BCUT2D eigenvalue weighted by Gasteiger charge is 2.14. The molecule has 0 spiro atoms. The summed E-state index contributed by atoms with van der Waals surface area (Å²) in [5.41, 5.74) is 4.31. The fourth-order valence-corrected chi connectivity index (χ4v) is 2.92. The van der Waals surface area contributed by atoms with Crippen molar-refractivity contribution in [2.24, 2.45) is 0 Å². The van der Waals surface area contributed by atoms with Gasteiger partial charge in [-0.3, -0.25) is 9.59 Å². The van der Waals surface area contributed by atoms with Crippen LogP contribution in [0.4, 0.5) is 11.4 Å². The van der Waals surface area contributed by atoms with Gasteiger partial charge < -0.3 is 15.4 Å². The lowest BCUT2D eigenvalue weighted by molar-refractivity contribution is 0.102. The Labute approximate surface area is 177 Å². The minimum absolute atomic E-state index is 0.280. The molecule has 0 unspecified atom stereocenters. The van der Waals surface area contributed by atoms with E-state index in [1.165, 1.54) is 0 Å². The third kappa shape index (κ3) is 5.26. The number of aryl methyl sites for hydroxylation is 2. The van der Waals surface area contributed by atoms with Crippen LogP contribution in [0.2, 0.25) is 0 Å². The first kappa shape index (κ1) is 21.1. The summed E-state index contributed by atoms with van der Waals surface area (Å²) in [6.07, 6.45) is 0.920. The van der Waals surface area contributed by atoms with Gasteiger partial charge in [0.15, 0.2) is 0 Å². The maximum absolute atomic E-state index is 12.8. The summed E-state index contributed by atoms with van der Waals surface area (Å²) in [5.74, 6) is 0.155. The van der Waals surface area contributed by atoms with Gasteiger partial charge in [0.05, 0.1) is 17.9 Å². The van der Waals surface area contributed by atoms with Gasteiger partial charge in [0.2, 0.25) is 0 Å². The van der Waals surface area contributed by atoms with Crippen LogP contribution in [0, 0.1) is 13.8 Å². The molecule has 0 saturated carbocycles. The highest BCUT2D eigenvalue weighted by atomic mass is 16.5. The SMILES string of the molecule is CCCOc1ccc(C(=O)Nc2ccccc2C(=O)Nc2ccc(C)c(C)c2)cc1. The van der Waals surface area contributed by atoms with E-state index >= 15 is 0 Å². The average Bonchev–Trinajstić information content (AvgIpc) is 2.75. The van der Waals surface area contributed by atoms with Crippen molar-refractivity contribution >= 4 is 23.2 Å². The third-order valence-electron chi connectivity index (χ3n) is 4.77. The first-order valence-corrected chi connectivity index (χ1v) is 9.99. The summed E-state index contributed by atoms with van der Waals surface area (Å²) < 4.78 is 5.55. The van der Waals surface area contributed by atoms with Crippen molar-refractivity contribution in [1.29, 1.82) is 0 Å². The van der Waals surface area contributed by atoms with Crippen LogP contribution < -0.4 is 15.4 Å². The molecule has 2 N–H and O–H groups in total. The van der Waals surface area contributed by atoms with Gasteiger partial charge in [0.25, 0.3) is 11.8 Å². The fraction of sp³-hybridized carbons (Fsp3) is 0.200. The molecule has 5 nitrogen and oxygen atoms in total. The van der Waals surface area contributed by atoms with E-state index < -0.39 is 0 Å². The van der Waals surface area contributed by atoms with Crippen LogP contribution in [0.5, 0.6) is 5.75 Å². The lowest BCUT2D eigenvalue weighted by Gasteiger charge is -2.12. The summed E-state index contributed by atoms with van der Waals surface area (Å²) in [4.78, 5) is 25.5. The van der Waals surface area contributed by atoms with Crippen LogP contribution >= 0.6 is 0 Å². The number of ether oxygens (including phenoxy) is 1. The van der Waals surface area contributed by atoms with E-state index in [1.54, 1.807) is 48.5 Å². The number of hydrogen-bond acceptors (Lipinski definition) is 3. The van der Waals surface area contributed by atoms with E-state index in [-0.39, 0.29) is 11.8 Å². The number of carbonyl (C=O) groups is 2. The van der Waals surface area contributed by atoms with Crippen LogP contribution in [0.15, 0.2) is 66.7 Å². The Morgan fingerprint density at radius 2 is 1.57 bits per heavy atom. The molecule has 0 atom stereocenters. The zero-order valence-corrected chi connectivity index (χ0v) is 17.5. The second-order valence-electron chi connectivity index (χ2n) is 7.13. The van der Waals surface area contributed by atoms with Crippen LogP contribution in [-0.4, -0.2) is 18.4 Å². The van der Waals surface area contributed by atoms with Crippen LogP contribution in [0.3, 0.4) is 0 Å². The average molecular weight is 402 g/mol. The predicted octanol–water partition coefficient (Wildman–Crippen LogP) is 5.60. The molecule has 0 aliphatic rings. The van der Waals surface area contributed by atoms with E-state index in [1.807, 2.05) is 39.0 Å². The Hall–Kier alpha value is -3.60. The fourth-order valence-electron chi connectivity index (χ4n) is 2.92. The second kappa shape index (κ2) is 9.74. The van der Waals surface area contributed by atoms with E-state index in [0.717, 1.165) is 23.3 Å². The lowest BCUT2D eigenvalue weighted by atomic mass is 10.1. The normalized spacial score (nSPS) is 10.4. The van der Waals surface area contributed by atoms with Gasteiger partial charge in [-0.1, -0.05) is 25.1 Å². The van der Waals surface area contributed by atoms with E-state index in [4.69, 9.17) is 4.74 Å². The van der Waals surface area contributed by atoms with Crippen LogP contribution in [0.1, 0.15) is 45.2 Å². The molecule has 0 fully saturated rings. The minimum Gasteiger partial charge on any atom is -0.494 e. The van der Waals surface area contributed by atoms with E-state index in [9.17, 15) is 9.59 Å². The molecule has 3 aromatic carbocycles. The molecule has 0 bridgehead atoms. The Morgan fingerprint density at radius 3 is 2.27 bits per heavy atom. The Morgan fingerprint density at radius 1 is 0.833 bits per heavy atom. The summed E-state index contributed by atoms with van der Waals surface area (Å²) in [5, 5.41) is 5.74. The summed E-state index contributed by atoms with van der Waals surface area (Å²) in [7, 11) is 0. The Kier molecular flexibility index (Phi) is 6.86. The maximum atomic E-state index is 12.8. The number of rotatable bonds is 7. The van der Waals surface area contributed by atoms with Crippen LogP contribution in [-0.2, 0) is 0 Å². The number of hydrogen-bond donors (Lipinski definition) is 2. The highest BCUT2D eigenvalue weighted by molar-refractivity contribution is 6.12. The standard InChI is InChI=1S/C25H26N2O3/c1-4-15-30-21-13-10-19(11-14-21)24(28)27-23-8-6-5-7-22(23)25(29)26-20-12-9-17(2)18(3)16-20/h5-14,16H,4,15H2,1-3H3,(H,26,29)(H,27,28). The quantitative estimate of drug-likeness (QED) is 0.541. The molecule has 2 amide bonds. The number of para-hydroxylation sites is 1.